The van der Waals surface area contributed by atoms with Gasteiger partial charge in [0.2, 0.25) is 0 Å². The average molecular weight is 469 g/mol. The fourth-order valence-electron chi connectivity index (χ4n) is 2.79. The van der Waals surface area contributed by atoms with Crippen LogP contribution in [0.4, 0.5) is 5.13 Å². The van der Waals surface area contributed by atoms with Gasteiger partial charge in [-0.1, -0.05) is 60.7 Å². The minimum absolute atomic E-state index is 0. The summed E-state index contributed by atoms with van der Waals surface area (Å²) < 4.78 is 12.1. The standard InChI is InChI=1S/C23H20N2O2S.BrH/c24-23-25-20(16-28-23)19-11-12-21(26-14-17-7-3-1-4-8-17)22(13-19)27-15-18-9-5-2-6-10-18;/h1-13,16H,14-15H2,(H2,24,25);1H. The fourth-order valence-corrected chi connectivity index (χ4v) is 3.36. The predicted octanol–water partition coefficient (Wildman–Crippen LogP) is 6.13. The molecule has 0 saturated carbocycles. The molecule has 2 N–H and O–H groups in total. The summed E-state index contributed by atoms with van der Waals surface area (Å²) in [6, 6.07) is 26.0. The molecule has 0 amide bonds. The Hall–Kier alpha value is -2.83. The van der Waals surface area contributed by atoms with Crippen molar-refractivity contribution in [3.8, 4) is 22.8 Å². The Bertz CT molecular complexity index is 1040. The minimum atomic E-state index is 0. The molecule has 4 aromatic rings. The first-order valence-electron chi connectivity index (χ1n) is 8.97. The minimum Gasteiger partial charge on any atom is -0.485 e. The van der Waals surface area contributed by atoms with E-state index >= 15 is 0 Å². The molecule has 4 rings (SSSR count). The van der Waals surface area contributed by atoms with Gasteiger partial charge in [-0.3, -0.25) is 0 Å². The predicted molar refractivity (Wildman–Crippen MR) is 124 cm³/mol. The summed E-state index contributed by atoms with van der Waals surface area (Å²) in [5.41, 5.74) is 9.77. The van der Waals surface area contributed by atoms with Crippen LogP contribution in [0, 0.1) is 0 Å². The van der Waals surface area contributed by atoms with Crippen LogP contribution in [0.1, 0.15) is 11.1 Å². The van der Waals surface area contributed by atoms with Crippen molar-refractivity contribution in [3.05, 3.63) is 95.4 Å². The van der Waals surface area contributed by atoms with Crippen molar-refractivity contribution in [2.24, 2.45) is 0 Å². The number of halogens is 1. The van der Waals surface area contributed by atoms with E-state index in [0.29, 0.717) is 29.8 Å². The number of hydrogen-bond acceptors (Lipinski definition) is 5. The molecule has 0 bridgehead atoms. The molecule has 0 saturated heterocycles. The highest BCUT2D eigenvalue weighted by Crippen LogP contribution is 2.34. The van der Waals surface area contributed by atoms with Gasteiger partial charge in [0.25, 0.3) is 0 Å². The maximum atomic E-state index is 6.10. The zero-order valence-electron chi connectivity index (χ0n) is 15.7. The van der Waals surface area contributed by atoms with Crippen LogP contribution in [0.2, 0.25) is 0 Å². The number of aromatic nitrogens is 1. The Morgan fingerprint density at radius 1 is 0.759 bits per heavy atom. The molecular weight excluding hydrogens is 448 g/mol. The summed E-state index contributed by atoms with van der Waals surface area (Å²) in [6.07, 6.45) is 0. The third-order valence-corrected chi connectivity index (χ3v) is 4.91. The first kappa shape index (κ1) is 20.9. The van der Waals surface area contributed by atoms with Crippen molar-refractivity contribution in [1.29, 1.82) is 0 Å². The summed E-state index contributed by atoms with van der Waals surface area (Å²) in [5.74, 6) is 1.38. The van der Waals surface area contributed by atoms with Crippen LogP contribution in [-0.4, -0.2) is 4.98 Å². The summed E-state index contributed by atoms with van der Waals surface area (Å²) >= 11 is 1.42. The van der Waals surface area contributed by atoms with Crippen LogP contribution >= 0.6 is 28.3 Å². The van der Waals surface area contributed by atoms with Crippen LogP contribution < -0.4 is 15.2 Å². The third-order valence-electron chi connectivity index (χ3n) is 4.24. The average Bonchev–Trinajstić information content (AvgIpc) is 3.19. The molecule has 1 heterocycles. The van der Waals surface area contributed by atoms with Crippen LogP contribution in [0.3, 0.4) is 0 Å². The largest absolute Gasteiger partial charge is 0.485 e. The molecule has 0 unspecified atom stereocenters. The van der Waals surface area contributed by atoms with Crippen molar-refractivity contribution in [2.75, 3.05) is 5.73 Å². The fraction of sp³-hybridized carbons (Fsp3) is 0.0870. The lowest BCUT2D eigenvalue weighted by atomic mass is 10.1. The summed E-state index contributed by atoms with van der Waals surface area (Å²) in [4.78, 5) is 4.36. The van der Waals surface area contributed by atoms with Crippen molar-refractivity contribution in [1.82, 2.24) is 4.98 Å². The van der Waals surface area contributed by atoms with E-state index < -0.39 is 0 Å². The summed E-state index contributed by atoms with van der Waals surface area (Å²) in [7, 11) is 0. The second kappa shape index (κ2) is 10.1. The Morgan fingerprint density at radius 3 is 1.90 bits per heavy atom. The molecule has 6 heteroatoms. The third kappa shape index (κ3) is 5.59. The van der Waals surface area contributed by atoms with Gasteiger partial charge in [-0.2, -0.15) is 0 Å². The van der Waals surface area contributed by atoms with Gasteiger partial charge in [0.15, 0.2) is 16.6 Å². The number of hydrogen-bond donors (Lipinski definition) is 1. The molecule has 148 valence electrons. The van der Waals surface area contributed by atoms with Gasteiger partial charge in [0.05, 0.1) is 5.69 Å². The van der Waals surface area contributed by atoms with Gasteiger partial charge >= 0.3 is 0 Å². The van der Waals surface area contributed by atoms with E-state index in [2.05, 4.69) is 4.98 Å². The van der Waals surface area contributed by atoms with Crippen molar-refractivity contribution in [2.45, 2.75) is 13.2 Å². The first-order chi connectivity index (χ1) is 13.8. The smallest absolute Gasteiger partial charge is 0.180 e. The highest BCUT2D eigenvalue weighted by molar-refractivity contribution is 8.93. The maximum absolute atomic E-state index is 6.10. The van der Waals surface area contributed by atoms with Crippen LogP contribution in [0.15, 0.2) is 84.2 Å². The second-order valence-corrected chi connectivity index (χ2v) is 7.17. The number of anilines is 1. The van der Waals surface area contributed by atoms with Crippen LogP contribution in [-0.2, 0) is 13.2 Å². The zero-order chi connectivity index (χ0) is 19.2. The second-order valence-electron chi connectivity index (χ2n) is 6.28. The molecule has 0 aliphatic rings. The van der Waals surface area contributed by atoms with Gasteiger partial charge in [0.1, 0.15) is 13.2 Å². The van der Waals surface area contributed by atoms with Crippen molar-refractivity contribution in [3.63, 3.8) is 0 Å². The molecule has 3 aromatic carbocycles. The van der Waals surface area contributed by atoms with Crippen molar-refractivity contribution < 1.29 is 9.47 Å². The van der Waals surface area contributed by atoms with Gasteiger partial charge in [-0.15, -0.1) is 28.3 Å². The summed E-state index contributed by atoms with van der Waals surface area (Å²) in [6.45, 7) is 0.941. The molecule has 4 nitrogen and oxygen atoms in total. The zero-order valence-corrected chi connectivity index (χ0v) is 18.2. The lowest BCUT2D eigenvalue weighted by molar-refractivity contribution is 0.256. The van der Waals surface area contributed by atoms with E-state index in [1.165, 1.54) is 11.3 Å². The maximum Gasteiger partial charge on any atom is 0.180 e. The monoisotopic (exact) mass is 468 g/mol. The van der Waals surface area contributed by atoms with E-state index in [4.69, 9.17) is 15.2 Å². The number of nitrogens with two attached hydrogens (primary N) is 1. The van der Waals surface area contributed by atoms with Gasteiger partial charge in [-0.25, -0.2) is 4.98 Å². The highest BCUT2D eigenvalue weighted by atomic mass is 79.9. The first-order valence-corrected chi connectivity index (χ1v) is 9.85. The molecule has 0 fully saturated rings. The molecule has 29 heavy (non-hydrogen) atoms. The van der Waals surface area contributed by atoms with E-state index in [9.17, 15) is 0 Å². The molecule has 0 spiro atoms. The summed E-state index contributed by atoms with van der Waals surface area (Å²) in [5, 5.41) is 2.49. The van der Waals surface area contributed by atoms with E-state index in [1.807, 2.05) is 84.2 Å². The number of benzene rings is 3. The topological polar surface area (TPSA) is 57.4 Å². The quantitative estimate of drug-likeness (QED) is 0.354. The molecule has 0 radical (unpaired) electrons. The van der Waals surface area contributed by atoms with Crippen LogP contribution in [0.25, 0.3) is 11.3 Å². The van der Waals surface area contributed by atoms with E-state index in [-0.39, 0.29) is 17.0 Å². The molecule has 0 aliphatic carbocycles. The molecule has 0 atom stereocenters. The van der Waals surface area contributed by atoms with Crippen LogP contribution in [0.5, 0.6) is 11.5 Å². The Labute approximate surface area is 184 Å². The lowest BCUT2D eigenvalue weighted by Crippen LogP contribution is -2.01. The Balaban J connectivity index is 0.00000240. The van der Waals surface area contributed by atoms with E-state index in [0.717, 1.165) is 22.4 Å². The van der Waals surface area contributed by atoms with Gasteiger partial charge in [0, 0.05) is 10.9 Å². The van der Waals surface area contributed by atoms with Gasteiger partial charge < -0.3 is 15.2 Å². The number of nitrogen functional groups attached to an aromatic ring is 1. The van der Waals surface area contributed by atoms with Crippen molar-refractivity contribution >= 4 is 33.4 Å². The number of ether oxygens (including phenoxy) is 2. The lowest BCUT2D eigenvalue weighted by Gasteiger charge is -2.14. The highest BCUT2D eigenvalue weighted by Gasteiger charge is 2.11. The Kier molecular flexibility index (Phi) is 7.27. The number of rotatable bonds is 7. The molecular formula is C23H21BrN2O2S. The normalized spacial score (nSPS) is 10.2. The number of thiazole rings is 1. The van der Waals surface area contributed by atoms with Gasteiger partial charge in [-0.05, 0) is 29.3 Å². The number of nitrogens with zero attached hydrogens (tertiary/aromatic N) is 1. The van der Waals surface area contributed by atoms with E-state index in [1.54, 1.807) is 0 Å². The molecule has 0 aliphatic heterocycles. The molecule has 1 aromatic heterocycles. The Morgan fingerprint density at radius 2 is 1.34 bits per heavy atom. The SMILES string of the molecule is Br.Nc1nc(-c2ccc(OCc3ccccc3)c(OCc3ccccc3)c2)cs1.